The molecule has 0 bridgehead atoms. The highest BCUT2D eigenvalue weighted by molar-refractivity contribution is 5.98. The van der Waals surface area contributed by atoms with Crippen LogP contribution < -0.4 is 15.1 Å². The standard InChI is InChI=1S/C20H28N4O10/c1-20(2,3)34-18(26)24-14-10-30-9-8-22(14)17(25)15-16(31-12-32-19(27)29-5)13(6-7-23(15)24)21-33-11-28-4/h6-7,14H,8-12H2,1-5H3/b21-13+/t14-/m1/s1. The minimum absolute atomic E-state index is 0.0558. The van der Waals surface area contributed by atoms with E-state index >= 15 is 0 Å². The smallest absolute Gasteiger partial charge is 0.452 e. The summed E-state index contributed by atoms with van der Waals surface area (Å²) >= 11 is 0. The second-order valence-electron chi connectivity index (χ2n) is 8.09. The van der Waals surface area contributed by atoms with Crippen LogP contribution >= 0.6 is 0 Å². The largest absolute Gasteiger partial charge is 0.510 e. The number of pyridine rings is 1. The maximum atomic E-state index is 13.5. The lowest BCUT2D eigenvalue weighted by Crippen LogP contribution is -2.67. The van der Waals surface area contributed by atoms with Crippen molar-refractivity contribution < 1.29 is 47.6 Å². The molecule has 0 unspecified atom stereocenters. The molecule has 1 fully saturated rings. The molecule has 0 N–H and O–H groups in total. The maximum Gasteiger partial charge on any atom is 0.510 e. The van der Waals surface area contributed by atoms with Crippen molar-refractivity contribution in [2.45, 2.75) is 32.5 Å². The highest BCUT2D eigenvalue weighted by Gasteiger charge is 2.45. The van der Waals surface area contributed by atoms with Crippen LogP contribution in [0.3, 0.4) is 0 Å². The van der Waals surface area contributed by atoms with Crippen molar-refractivity contribution in [1.29, 1.82) is 0 Å². The second kappa shape index (κ2) is 10.6. The van der Waals surface area contributed by atoms with Gasteiger partial charge in [-0.05, 0) is 26.8 Å². The van der Waals surface area contributed by atoms with Crippen molar-refractivity contribution in [3.05, 3.63) is 23.3 Å². The molecule has 0 spiro atoms. The van der Waals surface area contributed by atoms with E-state index < -0.39 is 36.7 Å². The number of fused-ring (bicyclic) bond motifs is 2. The van der Waals surface area contributed by atoms with Gasteiger partial charge in [0.05, 0.1) is 20.3 Å². The minimum Gasteiger partial charge on any atom is -0.452 e. The van der Waals surface area contributed by atoms with Crippen LogP contribution in [-0.2, 0) is 28.5 Å². The first-order valence-electron chi connectivity index (χ1n) is 10.3. The molecule has 188 valence electrons. The number of aromatic nitrogens is 1. The Morgan fingerprint density at radius 1 is 1.24 bits per heavy atom. The average molecular weight is 484 g/mol. The summed E-state index contributed by atoms with van der Waals surface area (Å²) < 4.78 is 32.1. The van der Waals surface area contributed by atoms with Gasteiger partial charge >= 0.3 is 12.2 Å². The zero-order valence-electron chi connectivity index (χ0n) is 19.6. The zero-order chi connectivity index (χ0) is 24.9. The fourth-order valence-electron chi connectivity index (χ4n) is 3.28. The van der Waals surface area contributed by atoms with Crippen LogP contribution in [-0.4, -0.2) is 87.1 Å². The first-order chi connectivity index (χ1) is 16.2. The van der Waals surface area contributed by atoms with Crippen LogP contribution in [0.4, 0.5) is 9.59 Å². The highest BCUT2D eigenvalue weighted by atomic mass is 16.8. The third kappa shape index (κ3) is 5.51. The van der Waals surface area contributed by atoms with Crippen molar-refractivity contribution in [2.24, 2.45) is 5.16 Å². The summed E-state index contributed by atoms with van der Waals surface area (Å²) in [6.07, 6.45) is -0.989. The number of carbonyl (C=O) groups excluding carboxylic acids is 3. The first-order valence-corrected chi connectivity index (χ1v) is 10.3. The Bertz CT molecular complexity index is 987. The summed E-state index contributed by atoms with van der Waals surface area (Å²) in [6, 6.07) is 1.45. The predicted molar refractivity (Wildman–Crippen MR) is 112 cm³/mol. The lowest BCUT2D eigenvalue weighted by Gasteiger charge is -2.46. The fraction of sp³-hybridized carbons (Fsp3) is 0.600. The summed E-state index contributed by atoms with van der Waals surface area (Å²) in [5.41, 5.74) is -0.851. The average Bonchev–Trinajstić information content (AvgIpc) is 2.79. The van der Waals surface area contributed by atoms with E-state index in [1.807, 2.05) is 0 Å². The number of carbonyl (C=O) groups is 3. The van der Waals surface area contributed by atoms with E-state index in [4.69, 9.17) is 28.5 Å². The van der Waals surface area contributed by atoms with Crippen molar-refractivity contribution in [3.8, 4) is 5.75 Å². The monoisotopic (exact) mass is 484 g/mol. The van der Waals surface area contributed by atoms with Gasteiger partial charge in [0.2, 0.25) is 13.6 Å². The molecule has 1 aromatic rings. The van der Waals surface area contributed by atoms with Crippen molar-refractivity contribution in [3.63, 3.8) is 0 Å². The third-order valence-corrected chi connectivity index (χ3v) is 4.59. The van der Waals surface area contributed by atoms with Crippen LogP contribution in [0.5, 0.6) is 5.75 Å². The summed E-state index contributed by atoms with van der Waals surface area (Å²) in [6.45, 7) is 5.03. The number of ether oxygens (including phenoxy) is 6. The quantitative estimate of drug-likeness (QED) is 0.246. The van der Waals surface area contributed by atoms with Crippen molar-refractivity contribution in [1.82, 2.24) is 9.58 Å². The molecule has 3 heterocycles. The summed E-state index contributed by atoms with van der Waals surface area (Å²) in [5.74, 6) is -0.545. The van der Waals surface area contributed by atoms with Crippen LogP contribution in [0.2, 0.25) is 0 Å². The molecule has 0 saturated carbocycles. The molecule has 1 aromatic heterocycles. The van der Waals surface area contributed by atoms with Crippen molar-refractivity contribution >= 4 is 18.2 Å². The Hall–Kier alpha value is -3.52. The number of morpholine rings is 1. The fourth-order valence-corrected chi connectivity index (χ4v) is 3.28. The van der Waals surface area contributed by atoms with Crippen molar-refractivity contribution in [2.75, 3.05) is 52.6 Å². The van der Waals surface area contributed by atoms with E-state index in [-0.39, 0.29) is 43.4 Å². The molecule has 0 aliphatic carbocycles. The second-order valence-corrected chi connectivity index (χ2v) is 8.09. The summed E-state index contributed by atoms with van der Waals surface area (Å²) in [4.78, 5) is 44.6. The molecule has 2 aliphatic rings. The molecule has 1 atom stereocenters. The lowest BCUT2D eigenvalue weighted by molar-refractivity contribution is -0.0343. The summed E-state index contributed by atoms with van der Waals surface area (Å²) in [5, 5.41) is 5.28. The number of hydrogen-bond acceptors (Lipinski definition) is 11. The third-order valence-electron chi connectivity index (χ3n) is 4.59. The van der Waals surface area contributed by atoms with E-state index in [1.54, 1.807) is 20.8 Å². The molecule has 0 radical (unpaired) electrons. The van der Waals surface area contributed by atoms with E-state index in [9.17, 15) is 14.4 Å². The van der Waals surface area contributed by atoms with Gasteiger partial charge < -0.3 is 38.2 Å². The molecule has 34 heavy (non-hydrogen) atoms. The molecule has 0 aromatic carbocycles. The molecule has 3 rings (SSSR count). The Labute approximate surface area is 195 Å². The Morgan fingerprint density at radius 3 is 2.68 bits per heavy atom. The topological polar surface area (TPSA) is 140 Å². The maximum absolute atomic E-state index is 13.5. The van der Waals surface area contributed by atoms with Crippen LogP contribution in [0.15, 0.2) is 17.4 Å². The van der Waals surface area contributed by atoms with E-state index in [0.717, 1.165) is 7.11 Å². The number of hydrogen-bond donors (Lipinski definition) is 0. The van der Waals surface area contributed by atoms with Gasteiger partial charge in [0.25, 0.3) is 5.91 Å². The molecule has 14 nitrogen and oxygen atoms in total. The van der Waals surface area contributed by atoms with Gasteiger partial charge in [0, 0.05) is 19.9 Å². The van der Waals surface area contributed by atoms with Gasteiger partial charge in [-0.1, -0.05) is 5.16 Å². The molecular formula is C20H28N4O10. The SMILES string of the molecule is COCO/N=c1\ccn2c(c1OCOC(=O)OC)C(=O)N1CCOC[C@H]1N2C(=O)OC(C)(C)C. The predicted octanol–water partition coefficient (Wildman–Crippen LogP) is 0.729. The number of nitrogens with zero attached hydrogens (tertiary/aromatic N) is 4. The Morgan fingerprint density at radius 2 is 2.00 bits per heavy atom. The van der Waals surface area contributed by atoms with Gasteiger partial charge in [0.1, 0.15) is 11.0 Å². The molecule has 2 aliphatic heterocycles. The number of rotatable bonds is 6. The van der Waals surface area contributed by atoms with Gasteiger partial charge in [-0.25, -0.2) is 14.3 Å². The lowest BCUT2D eigenvalue weighted by atomic mass is 10.2. The molecule has 14 heteroatoms. The van der Waals surface area contributed by atoms with Crippen LogP contribution in [0, 0.1) is 0 Å². The highest BCUT2D eigenvalue weighted by Crippen LogP contribution is 2.27. The van der Waals surface area contributed by atoms with E-state index in [1.165, 1.54) is 34.0 Å². The van der Waals surface area contributed by atoms with Gasteiger partial charge in [0.15, 0.2) is 17.6 Å². The molecule has 2 amide bonds. The Balaban J connectivity index is 2.12. The number of amides is 2. The molecule has 1 saturated heterocycles. The minimum atomic E-state index is -0.985. The van der Waals surface area contributed by atoms with Gasteiger partial charge in [-0.2, -0.15) is 5.01 Å². The first kappa shape index (κ1) is 25.1. The molecular weight excluding hydrogens is 456 g/mol. The Kier molecular flexibility index (Phi) is 7.83. The normalized spacial score (nSPS) is 18.1. The van der Waals surface area contributed by atoms with Gasteiger partial charge in [-0.15, -0.1) is 0 Å². The van der Waals surface area contributed by atoms with Crippen LogP contribution in [0.1, 0.15) is 31.3 Å². The van der Waals surface area contributed by atoms with E-state index in [0.29, 0.717) is 0 Å². The zero-order valence-corrected chi connectivity index (χ0v) is 19.6. The summed E-state index contributed by atoms with van der Waals surface area (Å²) in [7, 11) is 2.56. The van der Waals surface area contributed by atoms with Crippen LogP contribution in [0.25, 0.3) is 0 Å². The van der Waals surface area contributed by atoms with Gasteiger partial charge in [-0.3, -0.25) is 4.79 Å². The van der Waals surface area contributed by atoms with E-state index in [2.05, 4.69) is 9.89 Å². The number of methoxy groups -OCH3 is 2.